The largest absolute Gasteiger partial charge is 0.315 e. The van der Waals surface area contributed by atoms with Crippen molar-refractivity contribution >= 4 is 17.5 Å². The third kappa shape index (κ3) is 6.94. The van der Waals surface area contributed by atoms with Crippen LogP contribution in [-0.4, -0.2) is 29.9 Å². The zero-order valence-electron chi connectivity index (χ0n) is 28.2. The Hall–Kier alpha value is -5.71. The second-order valence-corrected chi connectivity index (χ2v) is 12.5. The fraction of sp³-hybridized carbons (Fsp3) is 0.275. The summed E-state index contributed by atoms with van der Waals surface area (Å²) in [5.41, 5.74) is 12.0. The molecule has 7 nitrogen and oxygen atoms in total. The van der Waals surface area contributed by atoms with E-state index in [1.54, 1.807) is 0 Å². The lowest BCUT2D eigenvalue weighted by atomic mass is 9.97. The molecule has 0 N–H and O–H groups in total. The molecule has 1 unspecified atom stereocenters. The van der Waals surface area contributed by atoms with Crippen molar-refractivity contribution in [2.24, 2.45) is 9.98 Å². The second kappa shape index (κ2) is 13.7. The standard InChI is InChI=1S/C40H39N7/c1-25-13-31(14-26(2)35(25)21-41)19-38-44-39(20-32-15-27(3)36(22-42)28(4)16-32)47(24-33-17-29(5)37(23-43)30(6)18-33)40(45-38)46(7)34-11-9-8-10-12-34/h8-18,39H,19-20,24H2,1-7H3. The average Bonchev–Trinajstić information content (AvgIpc) is 3.02. The summed E-state index contributed by atoms with van der Waals surface area (Å²) in [6, 6.07) is 29.6. The van der Waals surface area contributed by atoms with E-state index in [0.29, 0.717) is 41.9 Å². The molecule has 0 saturated heterocycles. The number of nitriles is 3. The lowest BCUT2D eigenvalue weighted by Crippen LogP contribution is -2.50. The number of amidine groups is 1. The number of hydrogen-bond donors (Lipinski definition) is 0. The van der Waals surface area contributed by atoms with E-state index in [9.17, 15) is 15.8 Å². The number of nitrogens with zero attached hydrogens (tertiary/aromatic N) is 7. The Bertz CT molecular complexity index is 1960. The van der Waals surface area contributed by atoms with E-state index < -0.39 is 0 Å². The molecule has 0 radical (unpaired) electrons. The van der Waals surface area contributed by atoms with Gasteiger partial charge in [0.05, 0.1) is 34.9 Å². The molecule has 1 heterocycles. The zero-order chi connectivity index (χ0) is 33.8. The van der Waals surface area contributed by atoms with Crippen LogP contribution in [0.1, 0.15) is 66.8 Å². The minimum atomic E-state index is -0.299. The van der Waals surface area contributed by atoms with Crippen LogP contribution in [0.5, 0.6) is 0 Å². The van der Waals surface area contributed by atoms with E-state index >= 15 is 0 Å². The van der Waals surface area contributed by atoms with Gasteiger partial charge in [-0.05, 0) is 104 Å². The first-order chi connectivity index (χ1) is 22.5. The molecule has 0 aliphatic carbocycles. The third-order valence-electron chi connectivity index (χ3n) is 8.83. The molecule has 1 atom stereocenters. The molecule has 0 amide bonds. The Morgan fingerprint density at radius 3 is 1.57 bits per heavy atom. The van der Waals surface area contributed by atoms with Gasteiger partial charge in [0.15, 0.2) is 0 Å². The maximum Gasteiger partial charge on any atom is 0.209 e. The van der Waals surface area contributed by atoms with Crippen LogP contribution in [0.2, 0.25) is 0 Å². The molecule has 0 saturated carbocycles. The van der Waals surface area contributed by atoms with Crippen molar-refractivity contribution in [3.63, 3.8) is 0 Å². The molecule has 0 fully saturated rings. The van der Waals surface area contributed by atoms with Crippen molar-refractivity contribution in [2.75, 3.05) is 11.9 Å². The summed E-state index contributed by atoms with van der Waals surface area (Å²) in [7, 11) is 2.03. The topological polar surface area (TPSA) is 103 Å². The van der Waals surface area contributed by atoms with Gasteiger partial charge in [0.2, 0.25) is 5.96 Å². The van der Waals surface area contributed by atoms with Crippen molar-refractivity contribution in [1.29, 1.82) is 15.8 Å². The molecule has 0 bridgehead atoms. The Morgan fingerprint density at radius 2 is 1.11 bits per heavy atom. The minimum Gasteiger partial charge on any atom is -0.315 e. The average molecular weight is 618 g/mol. The molecule has 1 aliphatic rings. The molecule has 234 valence electrons. The number of guanidine groups is 1. The van der Waals surface area contributed by atoms with Crippen LogP contribution in [0.15, 0.2) is 76.7 Å². The smallest absolute Gasteiger partial charge is 0.209 e. The summed E-state index contributed by atoms with van der Waals surface area (Å²) in [5.74, 6) is 1.48. The van der Waals surface area contributed by atoms with E-state index in [2.05, 4.69) is 76.5 Å². The van der Waals surface area contributed by atoms with E-state index in [1.807, 2.05) is 66.8 Å². The van der Waals surface area contributed by atoms with Crippen LogP contribution in [0.25, 0.3) is 0 Å². The molecule has 4 aromatic carbocycles. The van der Waals surface area contributed by atoms with Crippen molar-refractivity contribution in [3.8, 4) is 18.2 Å². The van der Waals surface area contributed by atoms with Crippen LogP contribution >= 0.6 is 0 Å². The number of benzene rings is 4. The molecule has 4 aromatic rings. The highest BCUT2D eigenvalue weighted by Crippen LogP contribution is 2.27. The lowest BCUT2D eigenvalue weighted by Gasteiger charge is -2.39. The molecule has 1 aliphatic heterocycles. The van der Waals surface area contributed by atoms with Crippen LogP contribution in [0, 0.1) is 75.5 Å². The summed E-state index contributed by atoms with van der Waals surface area (Å²) < 4.78 is 0. The van der Waals surface area contributed by atoms with Gasteiger partial charge in [0.25, 0.3) is 0 Å². The van der Waals surface area contributed by atoms with E-state index in [-0.39, 0.29) is 6.17 Å². The van der Waals surface area contributed by atoms with Gasteiger partial charge in [0.1, 0.15) is 12.0 Å². The number of rotatable bonds is 7. The molecular formula is C40H39N7. The fourth-order valence-electron chi connectivity index (χ4n) is 6.63. The van der Waals surface area contributed by atoms with E-state index in [0.717, 1.165) is 61.7 Å². The molecule has 0 aromatic heterocycles. The van der Waals surface area contributed by atoms with Crippen molar-refractivity contribution in [1.82, 2.24) is 4.90 Å². The highest BCUT2D eigenvalue weighted by molar-refractivity contribution is 6.05. The third-order valence-corrected chi connectivity index (χ3v) is 8.83. The van der Waals surface area contributed by atoms with Gasteiger partial charge in [0, 0.05) is 32.1 Å². The van der Waals surface area contributed by atoms with Gasteiger partial charge < -0.3 is 9.80 Å². The van der Waals surface area contributed by atoms with Gasteiger partial charge in [-0.1, -0.05) is 54.6 Å². The summed E-state index contributed by atoms with van der Waals surface area (Å²) in [4.78, 5) is 14.9. The van der Waals surface area contributed by atoms with Crippen LogP contribution in [-0.2, 0) is 19.4 Å². The number of anilines is 1. The maximum absolute atomic E-state index is 9.71. The molecule has 0 spiro atoms. The first-order valence-corrected chi connectivity index (χ1v) is 15.7. The van der Waals surface area contributed by atoms with Crippen molar-refractivity contribution in [3.05, 3.63) is 133 Å². The lowest BCUT2D eigenvalue weighted by molar-refractivity contribution is 0.299. The second-order valence-electron chi connectivity index (χ2n) is 12.5. The van der Waals surface area contributed by atoms with Gasteiger partial charge in [-0.15, -0.1) is 0 Å². The number of hydrogen-bond acceptors (Lipinski definition) is 7. The van der Waals surface area contributed by atoms with Gasteiger partial charge in [-0.2, -0.15) is 20.8 Å². The summed E-state index contributed by atoms with van der Waals surface area (Å²) in [6.07, 6.45) is 0.829. The van der Waals surface area contributed by atoms with Gasteiger partial charge in [-0.25, -0.2) is 4.99 Å². The maximum atomic E-state index is 9.71. The number of aliphatic imine (C=N–C) groups is 2. The first kappa shape index (κ1) is 32.7. The Balaban J connectivity index is 1.65. The van der Waals surface area contributed by atoms with Gasteiger partial charge >= 0.3 is 0 Å². The Labute approximate surface area is 278 Å². The minimum absolute atomic E-state index is 0.299. The predicted molar refractivity (Wildman–Crippen MR) is 188 cm³/mol. The van der Waals surface area contributed by atoms with Crippen LogP contribution in [0.4, 0.5) is 5.69 Å². The summed E-state index contributed by atoms with van der Waals surface area (Å²) in [6.45, 7) is 12.4. The van der Waals surface area contributed by atoms with Crippen molar-refractivity contribution in [2.45, 2.75) is 67.1 Å². The number of aryl methyl sites for hydroxylation is 6. The summed E-state index contributed by atoms with van der Waals surface area (Å²) in [5, 5.41) is 29.1. The quantitative estimate of drug-likeness (QED) is 0.212. The molecular weight excluding hydrogens is 578 g/mol. The van der Waals surface area contributed by atoms with Crippen molar-refractivity contribution < 1.29 is 0 Å². The molecule has 7 heteroatoms. The first-order valence-electron chi connectivity index (χ1n) is 15.7. The Morgan fingerprint density at radius 1 is 0.660 bits per heavy atom. The highest BCUT2D eigenvalue weighted by atomic mass is 15.4. The molecule has 5 rings (SSSR count). The fourth-order valence-corrected chi connectivity index (χ4v) is 6.63. The normalized spacial score (nSPS) is 14.0. The predicted octanol–water partition coefficient (Wildman–Crippen LogP) is 7.67. The van der Waals surface area contributed by atoms with Crippen LogP contribution in [0.3, 0.4) is 0 Å². The zero-order valence-corrected chi connectivity index (χ0v) is 28.2. The van der Waals surface area contributed by atoms with Gasteiger partial charge in [-0.3, -0.25) is 0 Å². The van der Waals surface area contributed by atoms with E-state index in [4.69, 9.17) is 9.98 Å². The monoisotopic (exact) mass is 617 g/mol. The SMILES string of the molecule is Cc1cc(CC2=NC(Cc3cc(C)c(C#N)c(C)c3)N(Cc3cc(C)c(C#N)c(C)c3)C(N(C)c3ccccc3)=N2)cc(C)c1C#N. The highest BCUT2D eigenvalue weighted by Gasteiger charge is 2.31. The summed E-state index contributed by atoms with van der Waals surface area (Å²) >= 11 is 0. The molecule has 47 heavy (non-hydrogen) atoms. The number of para-hydroxylation sites is 1. The Kier molecular flexibility index (Phi) is 9.55. The van der Waals surface area contributed by atoms with E-state index in [1.165, 1.54) is 0 Å². The van der Waals surface area contributed by atoms with Crippen LogP contribution < -0.4 is 4.90 Å².